The number of aromatic nitrogens is 2. The first-order valence-corrected chi connectivity index (χ1v) is 23.8. The molecular weight excluding hydrogens is 579 g/mol. The summed E-state index contributed by atoms with van der Waals surface area (Å²) in [5.41, 5.74) is 0.839. The third-order valence-electron chi connectivity index (χ3n) is 9.19. The van der Waals surface area contributed by atoms with E-state index in [1.807, 2.05) is 28.8 Å². The summed E-state index contributed by atoms with van der Waals surface area (Å²) in [4.78, 5) is 18.9. The summed E-state index contributed by atoms with van der Waals surface area (Å²) in [7, 11) is 2.23. The van der Waals surface area contributed by atoms with E-state index in [2.05, 4.69) is 15.5 Å². The van der Waals surface area contributed by atoms with Crippen molar-refractivity contribution in [3.05, 3.63) is 46.2 Å². The molecule has 3 aliphatic carbocycles. The second kappa shape index (κ2) is 11.9. The van der Waals surface area contributed by atoms with Crippen molar-refractivity contribution >= 4 is 48.4 Å². The first-order chi connectivity index (χ1) is 17.1. The molecule has 0 unspecified atom stereocenters. The van der Waals surface area contributed by atoms with Crippen molar-refractivity contribution in [3.63, 3.8) is 0 Å². The van der Waals surface area contributed by atoms with Crippen LogP contribution in [0.2, 0.25) is 16.8 Å². The second-order valence-electron chi connectivity index (χ2n) is 11.2. The summed E-state index contributed by atoms with van der Waals surface area (Å²) >= 11 is 3.41. The fraction of sp³-hybridized carbons (Fsp3) is 0.655. The zero-order chi connectivity index (χ0) is 24.3. The summed E-state index contributed by atoms with van der Waals surface area (Å²) in [5.74, 6) is 0. The Kier molecular flexibility index (Phi) is 8.92. The Morgan fingerprint density at radius 2 is 1.43 bits per heavy atom. The molecule has 0 N–H and O–H groups in total. The summed E-state index contributed by atoms with van der Waals surface area (Å²) in [5, 5.41) is 2.32. The van der Waals surface area contributed by atoms with Gasteiger partial charge in [-0.3, -0.25) is 0 Å². The van der Waals surface area contributed by atoms with Gasteiger partial charge in [0.05, 0.1) is 0 Å². The van der Waals surface area contributed by atoms with Gasteiger partial charge in [-0.15, -0.1) is 0 Å². The third kappa shape index (κ3) is 5.41. The average molecular weight is 620 g/mol. The minimum atomic E-state index is -2.95. The van der Waals surface area contributed by atoms with Crippen molar-refractivity contribution in [2.24, 2.45) is 0 Å². The summed E-state index contributed by atoms with van der Waals surface area (Å²) < 4.78 is 4.74. The molecule has 0 bridgehead atoms. The van der Waals surface area contributed by atoms with Gasteiger partial charge in [0.1, 0.15) is 0 Å². The van der Waals surface area contributed by atoms with Gasteiger partial charge in [0.15, 0.2) is 0 Å². The van der Waals surface area contributed by atoms with Crippen molar-refractivity contribution in [2.45, 2.75) is 120 Å². The van der Waals surface area contributed by atoms with Gasteiger partial charge in [-0.05, 0) is 0 Å². The van der Waals surface area contributed by atoms with Crippen LogP contribution in [0.15, 0.2) is 40.8 Å². The van der Waals surface area contributed by atoms with E-state index in [0.717, 1.165) is 22.5 Å². The van der Waals surface area contributed by atoms with Crippen LogP contribution in [-0.4, -0.2) is 26.5 Å². The van der Waals surface area contributed by atoms with Gasteiger partial charge in [-0.1, -0.05) is 0 Å². The molecule has 1 aromatic carbocycles. The molecule has 0 spiro atoms. The molecule has 0 saturated heterocycles. The van der Waals surface area contributed by atoms with E-state index < -0.39 is 17.0 Å². The Hall–Kier alpha value is -0.461. The standard InChI is InChI=1S/C11H9ClN2OS.3C6H11.Sn/c1-2-5-14-10(15)8-4-3-7(12)6-9(8)13-11(14)16;3*1-2-4-6-5-3-1;/h2-4,6H,1,5H2,(H,13,16);3*1H,2-6H2;/q;;;;+1/p-1. The molecule has 3 nitrogen and oxygen atoms in total. The van der Waals surface area contributed by atoms with Crippen LogP contribution in [0.5, 0.6) is 0 Å². The second-order valence-corrected chi connectivity index (χ2v) is 30.6. The molecule has 3 saturated carbocycles. The van der Waals surface area contributed by atoms with Gasteiger partial charge in [0.2, 0.25) is 0 Å². The van der Waals surface area contributed by atoms with E-state index in [4.69, 9.17) is 16.6 Å². The van der Waals surface area contributed by atoms with Gasteiger partial charge in [0.25, 0.3) is 0 Å². The number of fused-ring (bicyclic) bond motifs is 1. The maximum absolute atomic E-state index is 13.7. The molecule has 0 atom stereocenters. The van der Waals surface area contributed by atoms with Gasteiger partial charge >= 0.3 is 224 Å². The summed E-state index contributed by atoms with van der Waals surface area (Å²) in [6.07, 6.45) is 23.1. The first-order valence-electron chi connectivity index (χ1n) is 14.1. The summed E-state index contributed by atoms with van der Waals surface area (Å²) in [6, 6.07) is 5.55. The van der Waals surface area contributed by atoms with E-state index in [-0.39, 0.29) is 5.56 Å². The van der Waals surface area contributed by atoms with Crippen LogP contribution in [0.4, 0.5) is 0 Å². The van der Waals surface area contributed by atoms with Crippen molar-refractivity contribution in [2.75, 3.05) is 0 Å². The van der Waals surface area contributed by atoms with E-state index in [1.54, 1.807) is 0 Å². The molecule has 0 amide bonds. The van der Waals surface area contributed by atoms with Crippen LogP contribution < -0.4 is 5.56 Å². The van der Waals surface area contributed by atoms with E-state index in [9.17, 15) is 4.79 Å². The molecule has 1 heterocycles. The van der Waals surface area contributed by atoms with Crippen LogP contribution in [-0.2, 0) is 6.54 Å². The molecular formula is C29H41ClN2OSSn. The summed E-state index contributed by atoms with van der Waals surface area (Å²) in [6.45, 7) is 4.53. The van der Waals surface area contributed by atoms with Crippen LogP contribution in [0.3, 0.4) is 0 Å². The fourth-order valence-electron chi connectivity index (χ4n) is 7.61. The van der Waals surface area contributed by atoms with Gasteiger partial charge in [-0.2, -0.15) is 0 Å². The Balaban J connectivity index is 1.68. The topological polar surface area (TPSA) is 34.9 Å². The molecule has 5 rings (SSSR count). The molecule has 3 aliphatic rings. The number of allylic oxidation sites excluding steroid dienone is 1. The fourth-order valence-corrected chi connectivity index (χ4v) is 39.0. The average Bonchev–Trinajstić information content (AvgIpc) is 2.91. The Morgan fingerprint density at radius 3 is 1.91 bits per heavy atom. The van der Waals surface area contributed by atoms with Crippen LogP contribution >= 0.6 is 20.5 Å². The van der Waals surface area contributed by atoms with Crippen LogP contribution in [0.25, 0.3) is 10.9 Å². The molecule has 1 aromatic heterocycles. The predicted molar refractivity (Wildman–Crippen MR) is 153 cm³/mol. The molecule has 0 radical (unpaired) electrons. The van der Waals surface area contributed by atoms with Crippen LogP contribution in [0, 0.1) is 0 Å². The molecule has 0 aliphatic heterocycles. The molecule has 3 fully saturated rings. The zero-order valence-corrected chi connectivity index (χ0v) is 25.6. The maximum atomic E-state index is 13.7. The SMILES string of the molecule is C=CCn1c([S][Sn]([CH]2CCCCC2)([CH]2CCCCC2)[CH]2CCCCC2)nc2cc(Cl)ccc2c1=O. The number of benzene rings is 1. The normalized spacial score (nSPS) is 21.4. The zero-order valence-electron chi connectivity index (χ0n) is 21.2. The quantitative estimate of drug-likeness (QED) is 0.176. The third-order valence-corrected chi connectivity index (χ3v) is 37.4. The van der Waals surface area contributed by atoms with Crippen molar-refractivity contribution in [1.29, 1.82) is 0 Å². The predicted octanol–water partition coefficient (Wildman–Crippen LogP) is 9.28. The van der Waals surface area contributed by atoms with Gasteiger partial charge in [0, 0.05) is 0 Å². The van der Waals surface area contributed by atoms with E-state index in [0.29, 0.717) is 17.0 Å². The van der Waals surface area contributed by atoms with E-state index in [1.165, 1.54) is 96.3 Å². The minimum absolute atomic E-state index is 0.0742. The van der Waals surface area contributed by atoms with Crippen molar-refractivity contribution in [3.8, 4) is 0 Å². The van der Waals surface area contributed by atoms with Gasteiger partial charge in [-0.25, -0.2) is 0 Å². The molecule has 6 heteroatoms. The Morgan fingerprint density at radius 1 is 0.914 bits per heavy atom. The number of halogens is 1. The number of hydrogen-bond acceptors (Lipinski definition) is 3. The number of hydrogen-bond donors (Lipinski definition) is 0. The molecule has 35 heavy (non-hydrogen) atoms. The number of nitrogens with zero attached hydrogens (tertiary/aromatic N) is 2. The van der Waals surface area contributed by atoms with Crippen LogP contribution in [0.1, 0.15) is 96.3 Å². The number of rotatable bonds is 7. The van der Waals surface area contributed by atoms with Crippen molar-refractivity contribution in [1.82, 2.24) is 9.55 Å². The molecule has 2 aromatic rings. The Bertz CT molecular complexity index is 1040. The first kappa shape index (κ1) is 26.2. The molecule has 190 valence electrons. The van der Waals surface area contributed by atoms with E-state index >= 15 is 0 Å². The Labute approximate surface area is 222 Å². The van der Waals surface area contributed by atoms with Gasteiger partial charge < -0.3 is 0 Å². The monoisotopic (exact) mass is 620 g/mol. The van der Waals surface area contributed by atoms with Crippen molar-refractivity contribution < 1.29 is 0 Å².